The maximum absolute atomic E-state index is 9.10. The predicted octanol–water partition coefficient (Wildman–Crippen LogP) is 3.55. The molecule has 0 fully saturated rings. The third-order valence-corrected chi connectivity index (χ3v) is 3.04. The van der Waals surface area contributed by atoms with Crippen LogP contribution in [0.1, 0.15) is 11.1 Å². The molecule has 2 nitrogen and oxygen atoms in total. The van der Waals surface area contributed by atoms with Crippen LogP contribution in [0, 0.1) is 0 Å². The number of halogens is 1. The minimum Gasteiger partial charge on any atom is -0.410 e. The molecular formula is C13H8ClNO. The minimum atomic E-state index is 0.591. The molecule has 16 heavy (non-hydrogen) atoms. The van der Waals surface area contributed by atoms with Gasteiger partial charge < -0.3 is 5.21 Å². The van der Waals surface area contributed by atoms with Crippen molar-refractivity contribution in [1.82, 2.24) is 0 Å². The molecule has 0 amide bonds. The number of fused-ring (bicyclic) bond motifs is 3. The van der Waals surface area contributed by atoms with Crippen LogP contribution in [0.25, 0.3) is 11.1 Å². The number of hydrogen-bond donors (Lipinski definition) is 1. The van der Waals surface area contributed by atoms with Gasteiger partial charge in [-0.3, -0.25) is 0 Å². The van der Waals surface area contributed by atoms with Gasteiger partial charge in [-0.05, 0) is 23.3 Å². The van der Waals surface area contributed by atoms with Crippen molar-refractivity contribution >= 4 is 17.3 Å². The Kier molecular flexibility index (Phi) is 1.98. The number of rotatable bonds is 0. The molecule has 0 radical (unpaired) electrons. The van der Waals surface area contributed by atoms with Crippen LogP contribution < -0.4 is 0 Å². The van der Waals surface area contributed by atoms with Crippen molar-refractivity contribution in [3.63, 3.8) is 0 Å². The van der Waals surface area contributed by atoms with Gasteiger partial charge in [0.05, 0.1) is 0 Å². The highest BCUT2D eigenvalue weighted by molar-refractivity contribution is 6.32. The van der Waals surface area contributed by atoms with Crippen molar-refractivity contribution in [2.45, 2.75) is 0 Å². The molecule has 0 unspecified atom stereocenters. The van der Waals surface area contributed by atoms with Crippen LogP contribution in [0.15, 0.2) is 47.6 Å². The molecule has 0 aliphatic heterocycles. The number of hydrogen-bond acceptors (Lipinski definition) is 2. The van der Waals surface area contributed by atoms with E-state index in [0.717, 1.165) is 22.3 Å². The Bertz CT molecular complexity index is 605. The van der Waals surface area contributed by atoms with E-state index in [-0.39, 0.29) is 0 Å². The summed E-state index contributed by atoms with van der Waals surface area (Å²) in [5.41, 5.74) is 4.57. The number of benzene rings is 2. The fraction of sp³-hybridized carbons (Fsp3) is 0. The first-order valence-electron chi connectivity index (χ1n) is 4.93. The molecule has 0 saturated heterocycles. The lowest BCUT2D eigenvalue weighted by atomic mass is 10.1. The fourth-order valence-electron chi connectivity index (χ4n) is 2.12. The van der Waals surface area contributed by atoms with Crippen LogP contribution in [0.4, 0.5) is 0 Å². The summed E-state index contributed by atoms with van der Waals surface area (Å²) in [5, 5.41) is 13.1. The van der Waals surface area contributed by atoms with Crippen LogP contribution in [0.3, 0.4) is 0 Å². The van der Waals surface area contributed by atoms with Gasteiger partial charge in [-0.25, -0.2) is 0 Å². The Balaban J connectivity index is 2.39. The predicted molar refractivity (Wildman–Crippen MR) is 64.3 cm³/mol. The van der Waals surface area contributed by atoms with E-state index in [2.05, 4.69) is 5.16 Å². The van der Waals surface area contributed by atoms with Crippen LogP contribution in [0.5, 0.6) is 0 Å². The number of nitrogens with zero attached hydrogens (tertiary/aromatic N) is 1. The molecule has 0 aromatic heterocycles. The number of oxime groups is 1. The summed E-state index contributed by atoms with van der Waals surface area (Å²) in [6.07, 6.45) is 0. The zero-order chi connectivity index (χ0) is 11.1. The molecule has 1 aliphatic carbocycles. The molecule has 2 aromatic carbocycles. The maximum Gasteiger partial charge on any atom is 0.118 e. The second-order valence-electron chi connectivity index (χ2n) is 3.68. The molecule has 0 spiro atoms. The summed E-state index contributed by atoms with van der Waals surface area (Å²) in [6.45, 7) is 0. The zero-order valence-electron chi connectivity index (χ0n) is 8.31. The van der Waals surface area contributed by atoms with Gasteiger partial charge >= 0.3 is 0 Å². The highest BCUT2D eigenvalue weighted by Crippen LogP contribution is 2.37. The summed E-state index contributed by atoms with van der Waals surface area (Å²) < 4.78 is 0. The van der Waals surface area contributed by atoms with Gasteiger partial charge in [0, 0.05) is 16.1 Å². The zero-order valence-corrected chi connectivity index (χ0v) is 9.07. The van der Waals surface area contributed by atoms with Crippen molar-refractivity contribution in [3.05, 3.63) is 58.6 Å². The summed E-state index contributed by atoms with van der Waals surface area (Å²) >= 11 is 5.95. The van der Waals surface area contributed by atoms with Gasteiger partial charge in [-0.15, -0.1) is 0 Å². The highest BCUT2D eigenvalue weighted by Gasteiger charge is 2.24. The second kappa shape index (κ2) is 3.35. The Morgan fingerprint density at radius 1 is 0.875 bits per heavy atom. The average molecular weight is 230 g/mol. The summed E-state index contributed by atoms with van der Waals surface area (Å²) in [5.74, 6) is 0. The van der Waals surface area contributed by atoms with Gasteiger partial charge in [-0.1, -0.05) is 47.1 Å². The van der Waals surface area contributed by atoms with Crippen molar-refractivity contribution in [3.8, 4) is 11.1 Å². The van der Waals surface area contributed by atoms with Crippen LogP contribution in [0.2, 0.25) is 5.02 Å². The lowest BCUT2D eigenvalue weighted by Crippen LogP contribution is -1.97. The first-order valence-corrected chi connectivity index (χ1v) is 5.31. The van der Waals surface area contributed by atoms with Gasteiger partial charge in [0.1, 0.15) is 5.71 Å². The molecule has 1 N–H and O–H groups in total. The van der Waals surface area contributed by atoms with E-state index in [1.165, 1.54) is 0 Å². The first kappa shape index (κ1) is 9.43. The van der Waals surface area contributed by atoms with Crippen molar-refractivity contribution < 1.29 is 5.21 Å². The molecule has 78 valence electrons. The molecule has 0 bridgehead atoms. The molecule has 2 aromatic rings. The molecule has 0 heterocycles. The van der Waals surface area contributed by atoms with Crippen LogP contribution >= 0.6 is 11.6 Å². The van der Waals surface area contributed by atoms with E-state index in [1.807, 2.05) is 42.5 Å². The van der Waals surface area contributed by atoms with E-state index in [9.17, 15) is 0 Å². The van der Waals surface area contributed by atoms with E-state index < -0.39 is 0 Å². The van der Waals surface area contributed by atoms with Gasteiger partial charge in [0.2, 0.25) is 0 Å². The van der Waals surface area contributed by atoms with Gasteiger partial charge in [0.15, 0.2) is 0 Å². The van der Waals surface area contributed by atoms with Gasteiger partial charge in [0.25, 0.3) is 0 Å². The summed E-state index contributed by atoms with van der Waals surface area (Å²) in [4.78, 5) is 0. The standard InChI is InChI=1S/C13H8ClNO/c14-8-5-6-10-9-3-1-2-4-11(9)13(15-16)12(10)7-8/h1-7,16H. The van der Waals surface area contributed by atoms with Crippen molar-refractivity contribution in [2.24, 2.45) is 5.16 Å². The van der Waals surface area contributed by atoms with Crippen LogP contribution in [-0.2, 0) is 0 Å². The Morgan fingerprint density at radius 3 is 2.31 bits per heavy atom. The second-order valence-corrected chi connectivity index (χ2v) is 4.12. The summed E-state index contributed by atoms with van der Waals surface area (Å²) in [7, 11) is 0. The topological polar surface area (TPSA) is 32.6 Å². The van der Waals surface area contributed by atoms with E-state index in [4.69, 9.17) is 16.8 Å². The monoisotopic (exact) mass is 229 g/mol. The highest BCUT2D eigenvalue weighted by atomic mass is 35.5. The average Bonchev–Trinajstić information content (AvgIpc) is 2.61. The normalized spacial score (nSPS) is 14.9. The molecule has 0 saturated carbocycles. The molecule has 1 aliphatic rings. The van der Waals surface area contributed by atoms with Crippen molar-refractivity contribution in [2.75, 3.05) is 0 Å². The quantitative estimate of drug-likeness (QED) is 0.464. The van der Waals surface area contributed by atoms with Crippen molar-refractivity contribution in [1.29, 1.82) is 0 Å². The fourth-order valence-corrected chi connectivity index (χ4v) is 2.30. The smallest absolute Gasteiger partial charge is 0.118 e. The summed E-state index contributed by atoms with van der Waals surface area (Å²) in [6, 6.07) is 13.5. The molecule has 3 heteroatoms. The lowest BCUT2D eigenvalue weighted by Gasteiger charge is -1.99. The minimum absolute atomic E-state index is 0.591. The van der Waals surface area contributed by atoms with E-state index >= 15 is 0 Å². The first-order chi connectivity index (χ1) is 7.81. The molecule has 3 rings (SSSR count). The molecule has 0 atom stereocenters. The van der Waals surface area contributed by atoms with Gasteiger partial charge in [-0.2, -0.15) is 0 Å². The third kappa shape index (κ3) is 1.17. The van der Waals surface area contributed by atoms with Crippen LogP contribution in [-0.4, -0.2) is 10.9 Å². The third-order valence-electron chi connectivity index (χ3n) is 2.81. The Morgan fingerprint density at radius 2 is 1.56 bits per heavy atom. The molecular weight excluding hydrogens is 222 g/mol. The maximum atomic E-state index is 9.10. The Hall–Kier alpha value is -1.80. The lowest BCUT2D eigenvalue weighted by molar-refractivity contribution is 0.320. The Labute approximate surface area is 97.8 Å². The largest absolute Gasteiger partial charge is 0.410 e. The SMILES string of the molecule is ON=C1c2ccccc2-c2ccc(Cl)cc21. The van der Waals surface area contributed by atoms with E-state index in [0.29, 0.717) is 10.7 Å². The van der Waals surface area contributed by atoms with E-state index in [1.54, 1.807) is 0 Å².